The first kappa shape index (κ1) is 54.7. The van der Waals surface area contributed by atoms with Gasteiger partial charge in [0.05, 0.1) is 26.4 Å². The topological polar surface area (TPSA) is 149 Å². The van der Waals surface area contributed by atoms with Crippen LogP contribution in [0.15, 0.2) is 60.8 Å². The number of esters is 2. The van der Waals surface area contributed by atoms with E-state index in [4.69, 9.17) is 18.5 Å². The predicted molar refractivity (Wildman–Crippen MR) is 233 cm³/mol. The van der Waals surface area contributed by atoms with Gasteiger partial charge >= 0.3 is 19.8 Å². The van der Waals surface area contributed by atoms with Crippen molar-refractivity contribution in [3.8, 4) is 0 Å². The third kappa shape index (κ3) is 40.2. The number of carbonyl (C=O) groups excluding carboxylic acids is 2. The first-order valence-electron chi connectivity index (χ1n) is 22.2. The predicted octanol–water partition coefficient (Wildman–Crippen LogP) is 11.9. The molecule has 0 saturated carbocycles. The number of carbonyl (C=O) groups is 2. The fraction of sp³-hybridized carbons (Fsp3) is 0.739. The van der Waals surface area contributed by atoms with Crippen molar-refractivity contribution >= 4 is 19.8 Å². The van der Waals surface area contributed by atoms with Crippen molar-refractivity contribution in [2.45, 2.75) is 193 Å². The number of ether oxygens (including phenoxy) is 2. The summed E-state index contributed by atoms with van der Waals surface area (Å²) < 4.78 is 32.6. The summed E-state index contributed by atoms with van der Waals surface area (Å²) in [4.78, 5) is 34.5. The number of aliphatic hydroxyl groups excluding tert-OH is 2. The molecule has 0 aliphatic rings. The van der Waals surface area contributed by atoms with Gasteiger partial charge in [0.1, 0.15) is 12.2 Å². The van der Waals surface area contributed by atoms with E-state index in [0.29, 0.717) is 12.8 Å². The molecule has 3 unspecified atom stereocenters. The fourth-order valence-corrected chi connectivity index (χ4v) is 6.59. The van der Waals surface area contributed by atoms with E-state index < -0.39 is 58.4 Å². The van der Waals surface area contributed by atoms with Crippen LogP contribution >= 0.6 is 7.82 Å². The Morgan fingerprint density at radius 2 is 0.825 bits per heavy atom. The maximum atomic E-state index is 12.4. The van der Waals surface area contributed by atoms with Crippen molar-refractivity contribution in [1.82, 2.24) is 0 Å². The number of hydrogen-bond acceptors (Lipinski definition) is 9. The third-order valence-corrected chi connectivity index (χ3v) is 10.2. The maximum Gasteiger partial charge on any atom is 0.472 e. The van der Waals surface area contributed by atoms with E-state index in [1.165, 1.54) is 64.2 Å². The molecule has 0 bridgehead atoms. The lowest BCUT2D eigenvalue weighted by molar-refractivity contribution is -0.153. The minimum Gasteiger partial charge on any atom is -0.457 e. The molecule has 0 rings (SSSR count). The molecular weight excluding hydrogens is 743 g/mol. The van der Waals surface area contributed by atoms with Gasteiger partial charge in [0.25, 0.3) is 0 Å². The molecule has 3 N–H and O–H groups in total. The number of allylic oxidation sites excluding steroid dienone is 10. The summed E-state index contributed by atoms with van der Waals surface area (Å²) in [6.45, 7) is 2.06. The smallest absolute Gasteiger partial charge is 0.457 e. The number of phosphoric ester groups is 1. The molecule has 57 heavy (non-hydrogen) atoms. The van der Waals surface area contributed by atoms with E-state index in [2.05, 4.69) is 74.6 Å². The van der Waals surface area contributed by atoms with Gasteiger partial charge in [-0.2, -0.15) is 0 Å². The quantitative estimate of drug-likeness (QED) is 0.0235. The fourth-order valence-electron chi connectivity index (χ4n) is 5.81. The van der Waals surface area contributed by atoms with Crippen molar-refractivity contribution in [3.63, 3.8) is 0 Å². The van der Waals surface area contributed by atoms with Crippen LogP contribution < -0.4 is 0 Å². The molecule has 0 radical (unpaired) electrons. The molecule has 0 fully saturated rings. The molecule has 330 valence electrons. The van der Waals surface area contributed by atoms with Gasteiger partial charge in [-0.15, -0.1) is 0 Å². The van der Waals surface area contributed by atoms with Crippen molar-refractivity contribution < 1.29 is 47.8 Å². The van der Waals surface area contributed by atoms with Gasteiger partial charge < -0.3 is 24.6 Å². The summed E-state index contributed by atoms with van der Waals surface area (Å²) >= 11 is 0. The second-order valence-corrected chi connectivity index (χ2v) is 16.1. The minimum absolute atomic E-state index is 0.161. The zero-order valence-corrected chi connectivity index (χ0v) is 36.7. The van der Waals surface area contributed by atoms with Crippen LogP contribution in [-0.2, 0) is 32.7 Å². The Kier molecular flexibility index (Phi) is 40.1. The SMILES string of the molecule is CC/C=C\C/C=C\C/C=C\C/C=C\CCCCCCC(=O)OC(CO)COP(=O)(O)OCC(CO)OC(=O)CCCCCCCCC/C=C\CCCCCCCC. The zero-order chi connectivity index (χ0) is 41.9. The number of unbranched alkanes of at least 4 members (excludes halogenated alkanes) is 17. The molecular formula is C46H81O10P. The molecule has 0 amide bonds. The molecule has 10 nitrogen and oxygen atoms in total. The third-order valence-electron chi connectivity index (χ3n) is 9.21. The highest BCUT2D eigenvalue weighted by Crippen LogP contribution is 2.43. The van der Waals surface area contributed by atoms with Crippen LogP contribution in [0.1, 0.15) is 181 Å². The average molecular weight is 825 g/mol. The van der Waals surface area contributed by atoms with E-state index in [0.717, 1.165) is 77.0 Å². The number of phosphoric acid groups is 1. The molecule has 11 heteroatoms. The standard InChI is InChI=1S/C46H81O10P/c1-3-5-7-9-11-13-15-17-19-21-23-25-27-29-31-33-35-37-45(49)55-43(39-47)41-53-57(51,52)54-42-44(40-48)56-46(50)38-36-34-32-30-28-26-24-22-20-18-16-14-12-10-8-6-4-2/h5,7,11,13,17-20,23,25,43-44,47-48H,3-4,6,8-10,12,14-16,21-22,24,26-42H2,1-2H3,(H,51,52)/b7-5-,13-11-,19-17-,20-18-,25-23-. The first-order valence-corrected chi connectivity index (χ1v) is 23.7. The van der Waals surface area contributed by atoms with Crippen LogP contribution in [0.4, 0.5) is 0 Å². The van der Waals surface area contributed by atoms with Gasteiger partial charge in [-0.1, -0.05) is 152 Å². The number of aliphatic hydroxyl groups is 2. The lowest BCUT2D eigenvalue weighted by atomic mass is 10.1. The molecule has 0 aliphatic carbocycles. The van der Waals surface area contributed by atoms with E-state index in [-0.39, 0.29) is 12.8 Å². The van der Waals surface area contributed by atoms with Gasteiger partial charge in [-0.25, -0.2) is 4.57 Å². The van der Waals surface area contributed by atoms with Gasteiger partial charge in [-0.05, 0) is 77.0 Å². The highest BCUT2D eigenvalue weighted by atomic mass is 31.2. The monoisotopic (exact) mass is 825 g/mol. The van der Waals surface area contributed by atoms with E-state index in [1.54, 1.807) is 0 Å². The summed E-state index contributed by atoms with van der Waals surface area (Å²) in [5.41, 5.74) is 0. The van der Waals surface area contributed by atoms with Crippen LogP contribution in [0.3, 0.4) is 0 Å². The second kappa shape index (κ2) is 41.8. The van der Waals surface area contributed by atoms with Crippen molar-refractivity contribution in [1.29, 1.82) is 0 Å². The first-order chi connectivity index (χ1) is 27.8. The lowest BCUT2D eigenvalue weighted by Crippen LogP contribution is -2.28. The van der Waals surface area contributed by atoms with E-state index in [9.17, 15) is 29.3 Å². The summed E-state index contributed by atoms with van der Waals surface area (Å²) in [5, 5.41) is 19.2. The second-order valence-electron chi connectivity index (χ2n) is 14.6. The summed E-state index contributed by atoms with van der Waals surface area (Å²) in [6, 6.07) is 0. The highest BCUT2D eigenvalue weighted by molar-refractivity contribution is 7.47. The average Bonchev–Trinajstić information content (AvgIpc) is 3.20. The Morgan fingerprint density at radius 1 is 0.491 bits per heavy atom. The van der Waals surface area contributed by atoms with Crippen molar-refractivity contribution in [2.75, 3.05) is 26.4 Å². The van der Waals surface area contributed by atoms with Crippen LogP contribution in [0.2, 0.25) is 0 Å². The van der Waals surface area contributed by atoms with Crippen LogP contribution in [-0.4, -0.2) is 65.7 Å². The van der Waals surface area contributed by atoms with Crippen molar-refractivity contribution in [2.24, 2.45) is 0 Å². The van der Waals surface area contributed by atoms with Crippen LogP contribution in [0.5, 0.6) is 0 Å². The Labute approximate surface area is 346 Å². The Hall–Kier alpha value is -2.33. The van der Waals surface area contributed by atoms with E-state index in [1.807, 2.05) is 0 Å². The lowest BCUT2D eigenvalue weighted by Gasteiger charge is -2.20. The van der Waals surface area contributed by atoms with Crippen molar-refractivity contribution in [3.05, 3.63) is 60.8 Å². The van der Waals surface area contributed by atoms with Gasteiger partial charge in [0.2, 0.25) is 0 Å². The Bertz CT molecular complexity index is 1130. The Balaban J connectivity index is 3.96. The zero-order valence-electron chi connectivity index (χ0n) is 35.8. The molecule has 3 atom stereocenters. The molecule has 0 aromatic carbocycles. The van der Waals surface area contributed by atoms with Crippen LogP contribution in [0.25, 0.3) is 0 Å². The highest BCUT2D eigenvalue weighted by Gasteiger charge is 2.27. The normalized spacial score (nSPS) is 14.4. The molecule has 0 spiro atoms. The maximum absolute atomic E-state index is 12.4. The molecule has 0 aromatic rings. The summed E-state index contributed by atoms with van der Waals surface area (Å²) in [7, 11) is -4.65. The largest absolute Gasteiger partial charge is 0.472 e. The Morgan fingerprint density at radius 3 is 1.21 bits per heavy atom. The summed E-state index contributed by atoms with van der Waals surface area (Å²) in [5.74, 6) is -1.05. The van der Waals surface area contributed by atoms with Gasteiger partial charge in [-0.3, -0.25) is 18.6 Å². The van der Waals surface area contributed by atoms with Gasteiger partial charge in [0, 0.05) is 12.8 Å². The molecule has 0 aliphatic heterocycles. The van der Waals surface area contributed by atoms with Gasteiger partial charge in [0.15, 0.2) is 0 Å². The van der Waals surface area contributed by atoms with Crippen LogP contribution in [0, 0.1) is 0 Å². The molecule has 0 aromatic heterocycles. The minimum atomic E-state index is -4.65. The molecule has 0 saturated heterocycles. The van der Waals surface area contributed by atoms with E-state index >= 15 is 0 Å². The number of rotatable bonds is 41. The number of hydrogen-bond donors (Lipinski definition) is 3. The summed E-state index contributed by atoms with van der Waals surface area (Å²) in [6.07, 6.45) is 46.2. The molecule has 0 heterocycles.